The van der Waals surface area contributed by atoms with Crippen LogP contribution in [0.15, 0.2) is 29.2 Å². The Morgan fingerprint density at radius 1 is 1.37 bits per heavy atom. The fourth-order valence-electron chi connectivity index (χ4n) is 3.31. The molecule has 0 amide bonds. The average Bonchev–Trinajstić information content (AvgIpc) is 2.83. The van der Waals surface area contributed by atoms with E-state index < -0.39 is 0 Å². The van der Waals surface area contributed by atoms with Crippen LogP contribution < -0.4 is 0 Å². The topological polar surface area (TPSA) is 23.5 Å². The lowest BCUT2D eigenvalue weighted by molar-refractivity contribution is 0.0255. The second-order valence-corrected chi connectivity index (χ2v) is 7.18. The van der Waals surface area contributed by atoms with E-state index in [0.29, 0.717) is 11.2 Å². The molecule has 1 N–H and O–H groups in total. The number of thioether (sulfide) groups is 1. The minimum atomic E-state index is -0.0744. The molecule has 104 valence electrons. The van der Waals surface area contributed by atoms with Gasteiger partial charge in [-0.3, -0.25) is 0 Å². The van der Waals surface area contributed by atoms with E-state index in [1.165, 1.54) is 23.4 Å². The Balaban J connectivity index is 1.56. The molecule has 1 saturated heterocycles. The number of aliphatic hydroxyl groups excluding tert-OH is 1. The van der Waals surface area contributed by atoms with Gasteiger partial charge in [0.2, 0.25) is 0 Å². The summed E-state index contributed by atoms with van der Waals surface area (Å²) in [6.07, 6.45) is 3.17. The van der Waals surface area contributed by atoms with Crippen molar-refractivity contribution in [1.82, 2.24) is 4.90 Å². The summed E-state index contributed by atoms with van der Waals surface area (Å²) in [5.74, 6) is 0.475. The van der Waals surface area contributed by atoms with Gasteiger partial charge in [0.05, 0.1) is 6.10 Å². The molecule has 3 atom stereocenters. The summed E-state index contributed by atoms with van der Waals surface area (Å²) < 4.78 is 0. The van der Waals surface area contributed by atoms with Crippen LogP contribution in [0.1, 0.15) is 25.3 Å². The molecule has 3 rings (SSSR count). The van der Waals surface area contributed by atoms with Crippen molar-refractivity contribution in [2.75, 3.05) is 19.6 Å². The van der Waals surface area contributed by atoms with Crippen molar-refractivity contribution in [3.63, 3.8) is 0 Å². The fourth-order valence-corrected chi connectivity index (χ4v) is 4.67. The summed E-state index contributed by atoms with van der Waals surface area (Å²) in [7, 11) is 0. The molecule has 1 aromatic carbocycles. The molecule has 3 heteroatoms. The van der Waals surface area contributed by atoms with Crippen LogP contribution in [0.5, 0.6) is 0 Å². The quantitative estimate of drug-likeness (QED) is 0.919. The molecule has 0 saturated carbocycles. The molecule has 0 aliphatic carbocycles. The number of hydrogen-bond acceptors (Lipinski definition) is 3. The Hall–Kier alpha value is -0.510. The molecule has 0 radical (unpaired) electrons. The predicted octanol–water partition coefficient (Wildman–Crippen LogP) is 2.80. The van der Waals surface area contributed by atoms with Gasteiger partial charge < -0.3 is 10.0 Å². The molecule has 2 nitrogen and oxygen atoms in total. The predicted molar refractivity (Wildman–Crippen MR) is 80.6 cm³/mol. The zero-order chi connectivity index (χ0) is 13.2. The lowest BCUT2D eigenvalue weighted by atomic mass is 9.92. The molecule has 19 heavy (non-hydrogen) atoms. The third kappa shape index (κ3) is 2.99. The molecular formula is C16H23NOS. The first-order chi connectivity index (χ1) is 9.26. The maximum Gasteiger partial charge on any atom is 0.0592 e. The van der Waals surface area contributed by atoms with E-state index >= 15 is 0 Å². The standard InChI is InChI=1S/C16H23NOS/c1-2-12-10-17(8-7-15(12)18)11-14-9-13-5-3-4-6-16(13)19-14/h3-6,12,14-15,18H,2,7-11H2,1H3. The van der Waals surface area contributed by atoms with Crippen LogP contribution in [0.25, 0.3) is 0 Å². The second-order valence-electron chi connectivity index (χ2n) is 5.84. The molecule has 1 aromatic rings. The Labute approximate surface area is 120 Å². The van der Waals surface area contributed by atoms with E-state index in [1.807, 2.05) is 11.8 Å². The number of hydrogen-bond donors (Lipinski definition) is 1. The van der Waals surface area contributed by atoms with Crippen LogP contribution in [0.2, 0.25) is 0 Å². The Morgan fingerprint density at radius 3 is 3.00 bits per heavy atom. The Kier molecular flexibility index (Phi) is 4.15. The normalized spacial score (nSPS) is 31.4. The van der Waals surface area contributed by atoms with Crippen molar-refractivity contribution in [2.45, 2.75) is 42.4 Å². The summed E-state index contributed by atoms with van der Waals surface area (Å²) in [6.45, 7) is 5.50. The third-order valence-electron chi connectivity index (χ3n) is 4.48. The number of benzene rings is 1. The molecule has 3 unspecified atom stereocenters. The van der Waals surface area contributed by atoms with Gasteiger partial charge in [-0.25, -0.2) is 0 Å². The largest absolute Gasteiger partial charge is 0.393 e. The Bertz CT molecular complexity index is 412. The van der Waals surface area contributed by atoms with Gasteiger partial charge >= 0.3 is 0 Å². The van der Waals surface area contributed by atoms with Crippen molar-refractivity contribution in [3.05, 3.63) is 29.8 Å². The van der Waals surface area contributed by atoms with Gasteiger partial charge in [0.15, 0.2) is 0 Å². The third-order valence-corrected chi connectivity index (χ3v) is 5.78. The van der Waals surface area contributed by atoms with Gasteiger partial charge in [-0.15, -0.1) is 11.8 Å². The van der Waals surface area contributed by atoms with Crippen LogP contribution in [0, 0.1) is 5.92 Å². The van der Waals surface area contributed by atoms with E-state index in [0.717, 1.165) is 25.9 Å². The van der Waals surface area contributed by atoms with E-state index in [1.54, 1.807) is 0 Å². The van der Waals surface area contributed by atoms with Crippen molar-refractivity contribution >= 4 is 11.8 Å². The SMILES string of the molecule is CCC1CN(CC2Cc3ccccc3S2)CCC1O. The van der Waals surface area contributed by atoms with Crippen molar-refractivity contribution < 1.29 is 5.11 Å². The number of nitrogens with zero attached hydrogens (tertiary/aromatic N) is 1. The van der Waals surface area contributed by atoms with Gasteiger partial charge in [0, 0.05) is 29.8 Å². The fraction of sp³-hybridized carbons (Fsp3) is 0.625. The van der Waals surface area contributed by atoms with Gasteiger partial charge in [-0.2, -0.15) is 0 Å². The van der Waals surface area contributed by atoms with Crippen LogP contribution in [0.4, 0.5) is 0 Å². The smallest absolute Gasteiger partial charge is 0.0592 e. The van der Waals surface area contributed by atoms with Gasteiger partial charge in [0.1, 0.15) is 0 Å². The van der Waals surface area contributed by atoms with Crippen LogP contribution in [0.3, 0.4) is 0 Å². The lowest BCUT2D eigenvalue weighted by Crippen LogP contribution is -2.45. The monoisotopic (exact) mass is 277 g/mol. The molecule has 2 heterocycles. The second kappa shape index (κ2) is 5.86. The minimum absolute atomic E-state index is 0.0744. The molecule has 1 fully saturated rings. The zero-order valence-corrected chi connectivity index (χ0v) is 12.4. The summed E-state index contributed by atoms with van der Waals surface area (Å²) in [4.78, 5) is 4.03. The van der Waals surface area contributed by atoms with Crippen LogP contribution in [-0.4, -0.2) is 41.0 Å². The average molecular weight is 277 g/mol. The summed E-state index contributed by atoms with van der Waals surface area (Å²) in [5.41, 5.74) is 1.52. The van der Waals surface area contributed by atoms with Gasteiger partial charge in [0.25, 0.3) is 0 Å². The highest BCUT2D eigenvalue weighted by Crippen LogP contribution is 2.37. The molecule has 0 bridgehead atoms. The van der Waals surface area contributed by atoms with E-state index in [4.69, 9.17) is 0 Å². The minimum Gasteiger partial charge on any atom is -0.393 e. The summed E-state index contributed by atoms with van der Waals surface area (Å²) in [6, 6.07) is 8.79. The zero-order valence-electron chi connectivity index (χ0n) is 11.6. The summed E-state index contributed by atoms with van der Waals surface area (Å²) in [5, 5.41) is 10.7. The number of likely N-dealkylation sites (tertiary alicyclic amines) is 1. The first-order valence-electron chi connectivity index (χ1n) is 7.41. The first-order valence-corrected chi connectivity index (χ1v) is 8.29. The highest BCUT2D eigenvalue weighted by atomic mass is 32.2. The van der Waals surface area contributed by atoms with Crippen LogP contribution >= 0.6 is 11.8 Å². The van der Waals surface area contributed by atoms with Crippen LogP contribution in [-0.2, 0) is 6.42 Å². The number of fused-ring (bicyclic) bond motifs is 1. The van der Waals surface area contributed by atoms with E-state index in [2.05, 4.69) is 36.1 Å². The lowest BCUT2D eigenvalue weighted by Gasteiger charge is -2.36. The highest BCUT2D eigenvalue weighted by Gasteiger charge is 2.29. The molecule has 0 spiro atoms. The maximum absolute atomic E-state index is 9.96. The molecule has 2 aliphatic heterocycles. The van der Waals surface area contributed by atoms with Crippen molar-refractivity contribution in [3.8, 4) is 0 Å². The van der Waals surface area contributed by atoms with E-state index in [-0.39, 0.29) is 6.10 Å². The first kappa shape index (κ1) is 13.5. The maximum atomic E-state index is 9.96. The molecule has 0 aromatic heterocycles. The van der Waals surface area contributed by atoms with Crippen molar-refractivity contribution in [2.24, 2.45) is 5.92 Å². The Morgan fingerprint density at radius 2 is 2.21 bits per heavy atom. The van der Waals surface area contributed by atoms with Gasteiger partial charge in [-0.05, 0) is 36.8 Å². The van der Waals surface area contributed by atoms with E-state index in [9.17, 15) is 5.11 Å². The van der Waals surface area contributed by atoms with Crippen molar-refractivity contribution in [1.29, 1.82) is 0 Å². The molecular weight excluding hydrogens is 254 g/mol. The number of rotatable bonds is 3. The summed E-state index contributed by atoms with van der Waals surface area (Å²) >= 11 is 2.04. The molecule has 2 aliphatic rings. The number of aliphatic hydroxyl groups is 1. The van der Waals surface area contributed by atoms with Gasteiger partial charge in [-0.1, -0.05) is 25.1 Å². The number of piperidine rings is 1. The highest BCUT2D eigenvalue weighted by molar-refractivity contribution is 8.00.